The minimum atomic E-state index is -3.61. The van der Waals surface area contributed by atoms with Crippen molar-refractivity contribution in [3.05, 3.63) is 35.2 Å². The summed E-state index contributed by atoms with van der Waals surface area (Å²) in [5.41, 5.74) is -0.434. The summed E-state index contributed by atoms with van der Waals surface area (Å²) in [5, 5.41) is 11.4. The van der Waals surface area contributed by atoms with E-state index in [4.69, 9.17) is 15.7 Å². The molecule has 0 aromatic carbocycles. The van der Waals surface area contributed by atoms with Gasteiger partial charge in [0.15, 0.2) is 20.7 Å². The molecule has 2 N–H and O–H groups in total. The van der Waals surface area contributed by atoms with Gasteiger partial charge in [0.1, 0.15) is 10.7 Å². The van der Waals surface area contributed by atoms with Crippen LogP contribution in [-0.2, 0) is 9.84 Å². The summed E-state index contributed by atoms with van der Waals surface area (Å²) >= 11 is 5.76. The van der Waals surface area contributed by atoms with Crippen LogP contribution in [0.25, 0.3) is 0 Å². The molecule has 0 fully saturated rings. The van der Waals surface area contributed by atoms with Crippen LogP contribution < -0.4 is 10.6 Å². The zero-order valence-electron chi connectivity index (χ0n) is 14.2. The third-order valence-electron chi connectivity index (χ3n) is 2.52. The lowest BCUT2D eigenvalue weighted by atomic mass is 10.3. The van der Waals surface area contributed by atoms with Gasteiger partial charge >= 0.3 is 0 Å². The third kappa shape index (κ3) is 3.49. The van der Waals surface area contributed by atoms with Crippen LogP contribution in [0.1, 0.15) is 14.6 Å². The first-order valence-electron chi connectivity index (χ1n) is 7.25. The molecular formula is C12H12ClN5O3S. The molecule has 2 aromatic rings. The number of pyridine rings is 1. The van der Waals surface area contributed by atoms with Crippen molar-refractivity contribution in [1.82, 2.24) is 20.5 Å². The lowest BCUT2D eigenvalue weighted by molar-refractivity contribution is 0.0958. The highest BCUT2D eigenvalue weighted by molar-refractivity contribution is 7.90. The number of anilines is 2. The molecule has 0 unspecified atom stereocenters. The van der Waals surface area contributed by atoms with E-state index in [0.717, 1.165) is 6.26 Å². The number of amides is 1. The van der Waals surface area contributed by atoms with E-state index in [-0.39, 0.29) is 27.2 Å². The number of hydrogen-bond donors (Lipinski definition) is 2. The summed E-state index contributed by atoms with van der Waals surface area (Å²) in [5.74, 6) is -1.11. The molecule has 0 saturated heterocycles. The van der Waals surface area contributed by atoms with E-state index in [1.807, 2.05) is 0 Å². The lowest BCUT2D eigenvalue weighted by Crippen LogP contribution is -2.21. The van der Waals surface area contributed by atoms with Gasteiger partial charge in [0.05, 0.1) is 5.69 Å². The number of nitrogens with zero attached hydrogens (tertiary/aromatic N) is 3. The molecule has 0 saturated carbocycles. The second-order valence-electron chi connectivity index (χ2n) is 4.13. The smallest absolute Gasteiger partial charge is 0.273 e. The maximum absolute atomic E-state index is 12.1. The van der Waals surface area contributed by atoms with Gasteiger partial charge in [0.25, 0.3) is 5.91 Å². The highest BCUT2D eigenvalue weighted by Gasteiger charge is 2.18. The Hall–Kier alpha value is -2.26. The quantitative estimate of drug-likeness (QED) is 0.851. The molecular weight excluding hydrogens is 330 g/mol. The number of rotatable bonds is 4. The molecule has 0 radical (unpaired) electrons. The highest BCUT2D eigenvalue weighted by Crippen LogP contribution is 2.25. The summed E-state index contributed by atoms with van der Waals surface area (Å²) < 4.78 is 44.9. The Kier molecular flexibility index (Phi) is 3.49. The molecule has 0 aliphatic heterocycles. The van der Waals surface area contributed by atoms with Crippen LogP contribution in [0.4, 0.5) is 11.5 Å². The van der Waals surface area contributed by atoms with Crippen molar-refractivity contribution in [2.24, 2.45) is 0 Å². The van der Waals surface area contributed by atoms with E-state index in [1.54, 1.807) is 5.32 Å². The molecule has 116 valence electrons. The van der Waals surface area contributed by atoms with Crippen molar-refractivity contribution >= 4 is 38.9 Å². The zero-order valence-corrected chi connectivity index (χ0v) is 12.7. The van der Waals surface area contributed by atoms with Crippen LogP contribution in [0.5, 0.6) is 0 Å². The predicted octanol–water partition coefficient (Wildman–Crippen LogP) is 1.03. The molecule has 0 atom stereocenters. The molecule has 0 bridgehead atoms. The topological polar surface area (TPSA) is 114 Å². The molecule has 1 amide bonds. The Balaban J connectivity index is 2.48. The summed E-state index contributed by atoms with van der Waals surface area (Å²) in [7, 11) is -3.61. The Labute approximate surface area is 136 Å². The first-order valence-corrected chi connectivity index (χ1v) is 8.02. The number of hydrogen-bond acceptors (Lipinski definition) is 7. The van der Waals surface area contributed by atoms with Gasteiger partial charge in [-0.15, -0.1) is 10.2 Å². The average Bonchev–Trinajstić information content (AvgIpc) is 2.44. The Bertz CT molecular complexity index is 920. The average molecular weight is 345 g/mol. The summed E-state index contributed by atoms with van der Waals surface area (Å²) in [6.07, 6.45) is 2.34. The van der Waals surface area contributed by atoms with E-state index in [0.29, 0.717) is 0 Å². The zero-order chi connectivity index (χ0) is 18.8. The number of nitrogens with one attached hydrogen (secondary N) is 2. The molecule has 2 aromatic heterocycles. The maximum atomic E-state index is 12.1. The molecule has 0 spiro atoms. The Morgan fingerprint density at radius 1 is 1.41 bits per heavy atom. The molecule has 2 rings (SSSR count). The normalized spacial score (nSPS) is 13.6. The second-order valence-corrected chi connectivity index (χ2v) is 6.50. The van der Waals surface area contributed by atoms with E-state index in [1.165, 1.54) is 24.4 Å². The molecule has 8 nitrogen and oxygen atoms in total. The predicted molar refractivity (Wildman–Crippen MR) is 81.1 cm³/mol. The van der Waals surface area contributed by atoms with Crippen LogP contribution in [0, 0.1) is 0 Å². The van der Waals surface area contributed by atoms with Crippen molar-refractivity contribution in [2.45, 2.75) is 4.90 Å². The van der Waals surface area contributed by atoms with Crippen LogP contribution in [0.2, 0.25) is 5.15 Å². The Morgan fingerprint density at radius 3 is 2.86 bits per heavy atom. The lowest BCUT2D eigenvalue weighted by Gasteiger charge is -2.12. The minimum absolute atomic E-state index is 0.0506. The van der Waals surface area contributed by atoms with Crippen LogP contribution >= 0.6 is 11.6 Å². The van der Waals surface area contributed by atoms with Gasteiger partial charge in [0.2, 0.25) is 0 Å². The van der Waals surface area contributed by atoms with Gasteiger partial charge in [-0.2, -0.15) is 0 Å². The number of aromatic nitrogens is 3. The SMILES string of the molecule is [2H]C([2H])([2H])NC(=O)c1nnc(Cl)cc1Nc1ncccc1S(C)(=O)=O. The minimum Gasteiger partial charge on any atom is -0.354 e. The fraction of sp³-hybridized carbons (Fsp3) is 0.167. The Morgan fingerprint density at radius 2 is 2.18 bits per heavy atom. The molecule has 22 heavy (non-hydrogen) atoms. The van der Waals surface area contributed by atoms with Crippen molar-refractivity contribution in [1.29, 1.82) is 0 Å². The number of carbonyl (C=O) groups excluding carboxylic acids is 1. The van der Waals surface area contributed by atoms with Gasteiger partial charge in [0, 0.05) is 29.6 Å². The highest BCUT2D eigenvalue weighted by atomic mass is 35.5. The fourth-order valence-electron chi connectivity index (χ4n) is 1.60. The van der Waals surface area contributed by atoms with Crippen molar-refractivity contribution < 1.29 is 17.3 Å². The largest absolute Gasteiger partial charge is 0.354 e. The van der Waals surface area contributed by atoms with Crippen LogP contribution in [-0.4, -0.2) is 42.7 Å². The first kappa shape index (κ1) is 12.3. The first-order chi connectivity index (χ1) is 11.5. The van der Waals surface area contributed by atoms with Crippen LogP contribution in [0.3, 0.4) is 0 Å². The van der Waals surface area contributed by atoms with E-state index in [9.17, 15) is 13.2 Å². The monoisotopic (exact) mass is 344 g/mol. The number of halogens is 1. The molecule has 2 heterocycles. The van der Waals surface area contributed by atoms with Gasteiger partial charge in [-0.25, -0.2) is 13.4 Å². The number of sulfone groups is 1. The third-order valence-corrected chi connectivity index (χ3v) is 3.83. The van der Waals surface area contributed by atoms with Crippen molar-refractivity contribution in [3.63, 3.8) is 0 Å². The molecule has 0 aliphatic carbocycles. The van der Waals surface area contributed by atoms with Crippen LogP contribution in [0.15, 0.2) is 29.3 Å². The van der Waals surface area contributed by atoms with E-state index >= 15 is 0 Å². The van der Waals surface area contributed by atoms with Gasteiger partial charge in [-0.05, 0) is 12.1 Å². The summed E-state index contributed by atoms with van der Waals surface area (Å²) in [6, 6.07) is 3.95. The maximum Gasteiger partial charge on any atom is 0.273 e. The van der Waals surface area contributed by atoms with Gasteiger partial charge in [-0.1, -0.05) is 11.6 Å². The fourth-order valence-corrected chi connectivity index (χ4v) is 2.53. The summed E-state index contributed by atoms with van der Waals surface area (Å²) in [4.78, 5) is 15.9. The number of carbonyl (C=O) groups is 1. The van der Waals surface area contributed by atoms with Crippen molar-refractivity contribution in [2.75, 3.05) is 18.5 Å². The van der Waals surface area contributed by atoms with Gasteiger partial charge < -0.3 is 10.6 Å². The standard InChI is InChI=1S/C12H12ClN5O3S/c1-14-12(19)10-7(6-9(13)17-18-10)16-11-8(22(2,20)21)4-3-5-15-11/h3-6H,1-2H3,(H,14,19)(H,15,16,17)/i1D3. The molecule has 0 aliphatic rings. The molecule has 10 heteroatoms. The van der Waals surface area contributed by atoms with Gasteiger partial charge in [-0.3, -0.25) is 4.79 Å². The van der Waals surface area contributed by atoms with Crippen molar-refractivity contribution in [3.8, 4) is 0 Å². The second kappa shape index (κ2) is 6.24. The van der Waals surface area contributed by atoms with E-state index < -0.39 is 22.7 Å². The van der Waals surface area contributed by atoms with E-state index in [2.05, 4.69) is 20.5 Å². The summed E-state index contributed by atoms with van der Waals surface area (Å²) in [6.45, 7) is -2.74.